The molecule has 6 heteroatoms. The average Bonchev–Trinajstić information content (AvgIpc) is 3.78. The monoisotopic (exact) mass is 531 g/mol. The van der Waals surface area contributed by atoms with Gasteiger partial charge in [0.25, 0.3) is 0 Å². The van der Waals surface area contributed by atoms with Crippen LogP contribution in [0.1, 0.15) is 56.1 Å². The molecule has 1 aromatic heterocycles. The molecule has 1 saturated carbocycles. The molecule has 0 saturated heterocycles. The van der Waals surface area contributed by atoms with Gasteiger partial charge in [0.1, 0.15) is 0 Å². The Bertz CT molecular complexity index is 1550. The molecule has 202 valence electrons. The number of aromatic nitrogens is 1. The maximum Gasteiger partial charge on any atom is 0.335 e. The van der Waals surface area contributed by atoms with Crippen molar-refractivity contribution in [3.63, 3.8) is 0 Å². The lowest BCUT2D eigenvalue weighted by atomic mass is 9.85. The minimum absolute atomic E-state index is 0.0297. The fourth-order valence-corrected chi connectivity index (χ4v) is 6.12. The van der Waals surface area contributed by atoms with E-state index in [1.54, 1.807) is 6.07 Å². The van der Waals surface area contributed by atoms with Gasteiger partial charge >= 0.3 is 5.97 Å². The fraction of sp³-hybridized carbons (Fsp3) is 0.265. The minimum Gasteiger partial charge on any atom is -0.478 e. The molecule has 40 heavy (non-hydrogen) atoms. The van der Waals surface area contributed by atoms with Gasteiger partial charge in [-0.25, -0.2) is 4.79 Å². The molecular weight excluding hydrogens is 498 g/mol. The minimum atomic E-state index is -0.912. The Morgan fingerprint density at radius 2 is 1.75 bits per heavy atom. The quantitative estimate of drug-likeness (QED) is 0.303. The molecule has 0 radical (unpaired) electrons. The van der Waals surface area contributed by atoms with E-state index in [1.165, 1.54) is 22.3 Å². The van der Waals surface area contributed by atoms with Gasteiger partial charge in [-0.15, -0.1) is 0 Å². The van der Waals surface area contributed by atoms with Crippen molar-refractivity contribution in [2.24, 2.45) is 5.92 Å². The first-order chi connectivity index (χ1) is 19.5. The van der Waals surface area contributed by atoms with Gasteiger partial charge in [-0.1, -0.05) is 54.6 Å². The van der Waals surface area contributed by atoms with E-state index < -0.39 is 5.97 Å². The van der Waals surface area contributed by atoms with Gasteiger partial charge < -0.3 is 10.4 Å². The standard InChI is InChI=1S/C34H33N3O3/c1-22-26(8-5-9-27(22)34(39)40)28-11-10-25(19-36-33(38)31-18-30(31)24-6-3-2-4-7-24)32-21-37(17-14-29(28)32)20-23-12-15-35-16-13-23/h2-13,15-16,30-31H,14,17-21H2,1H3,(H,36,38)(H,39,40). The van der Waals surface area contributed by atoms with Gasteiger partial charge in [0.15, 0.2) is 0 Å². The summed E-state index contributed by atoms with van der Waals surface area (Å²) in [6, 6.07) is 24.1. The van der Waals surface area contributed by atoms with Crippen molar-refractivity contribution >= 4 is 11.9 Å². The van der Waals surface area contributed by atoms with E-state index >= 15 is 0 Å². The van der Waals surface area contributed by atoms with E-state index in [1.807, 2.05) is 61.8 Å². The lowest BCUT2D eigenvalue weighted by Crippen LogP contribution is -2.32. The highest BCUT2D eigenvalue weighted by atomic mass is 16.4. The maximum atomic E-state index is 13.1. The number of carboxylic acid groups (broad SMARTS) is 1. The first kappa shape index (κ1) is 26.0. The molecular formula is C34H33N3O3. The molecule has 2 heterocycles. The van der Waals surface area contributed by atoms with Gasteiger partial charge in [-0.3, -0.25) is 14.7 Å². The molecule has 6 nitrogen and oxygen atoms in total. The first-order valence-corrected chi connectivity index (χ1v) is 13.9. The largest absolute Gasteiger partial charge is 0.478 e. The van der Waals surface area contributed by atoms with Gasteiger partial charge in [0.05, 0.1) is 5.56 Å². The molecule has 1 aliphatic heterocycles. The average molecular weight is 532 g/mol. The van der Waals surface area contributed by atoms with Crippen LogP contribution in [0.3, 0.4) is 0 Å². The number of carboxylic acids is 1. The van der Waals surface area contributed by atoms with Gasteiger partial charge in [0.2, 0.25) is 5.91 Å². The maximum absolute atomic E-state index is 13.1. The smallest absolute Gasteiger partial charge is 0.335 e. The number of amides is 1. The lowest BCUT2D eigenvalue weighted by Gasteiger charge is -2.32. The molecule has 2 atom stereocenters. The molecule has 1 amide bonds. The normalized spacial score (nSPS) is 18.1. The molecule has 0 bridgehead atoms. The number of nitrogens with zero attached hydrogens (tertiary/aromatic N) is 2. The molecule has 2 aliphatic rings. The highest BCUT2D eigenvalue weighted by Crippen LogP contribution is 2.47. The Hall–Kier alpha value is -4.29. The molecule has 1 aliphatic carbocycles. The molecule has 6 rings (SSSR count). The van der Waals surface area contributed by atoms with E-state index in [4.69, 9.17) is 0 Å². The Morgan fingerprint density at radius 1 is 0.950 bits per heavy atom. The number of rotatable bonds is 8. The van der Waals surface area contributed by atoms with Crippen molar-refractivity contribution < 1.29 is 14.7 Å². The van der Waals surface area contributed by atoms with Crippen LogP contribution in [-0.2, 0) is 30.8 Å². The summed E-state index contributed by atoms with van der Waals surface area (Å²) in [5.41, 5.74) is 9.19. The van der Waals surface area contributed by atoms with Crippen molar-refractivity contribution in [3.8, 4) is 11.1 Å². The summed E-state index contributed by atoms with van der Waals surface area (Å²) in [6.45, 7) is 4.86. The highest BCUT2D eigenvalue weighted by molar-refractivity contribution is 5.92. The zero-order valence-corrected chi connectivity index (χ0v) is 22.6. The van der Waals surface area contributed by atoms with Crippen molar-refractivity contribution in [2.45, 2.75) is 45.3 Å². The fourth-order valence-electron chi connectivity index (χ4n) is 6.12. The number of aromatic carboxylic acids is 1. The number of hydrogen-bond acceptors (Lipinski definition) is 4. The molecule has 4 aromatic rings. The number of hydrogen-bond donors (Lipinski definition) is 2. The summed E-state index contributed by atoms with van der Waals surface area (Å²) in [6.07, 6.45) is 5.40. The Morgan fingerprint density at radius 3 is 2.52 bits per heavy atom. The van der Waals surface area contributed by atoms with Crippen molar-refractivity contribution in [2.75, 3.05) is 6.54 Å². The number of nitrogens with one attached hydrogen (secondary N) is 1. The summed E-state index contributed by atoms with van der Waals surface area (Å²) in [7, 11) is 0. The summed E-state index contributed by atoms with van der Waals surface area (Å²) in [5, 5.41) is 12.9. The number of carbonyl (C=O) groups excluding carboxylic acids is 1. The second kappa shape index (κ2) is 11.1. The third kappa shape index (κ3) is 5.27. The van der Waals surface area contributed by atoms with Crippen LogP contribution in [0.15, 0.2) is 85.2 Å². The molecule has 0 spiro atoms. The highest BCUT2D eigenvalue weighted by Gasteiger charge is 2.43. The van der Waals surface area contributed by atoms with E-state index in [0.717, 1.165) is 54.7 Å². The number of pyridine rings is 1. The van der Waals surface area contributed by atoms with E-state index in [9.17, 15) is 14.7 Å². The summed E-state index contributed by atoms with van der Waals surface area (Å²) >= 11 is 0. The Labute approximate surface area is 234 Å². The van der Waals surface area contributed by atoms with Crippen molar-refractivity contribution in [1.29, 1.82) is 0 Å². The van der Waals surface area contributed by atoms with Crippen molar-refractivity contribution in [3.05, 3.63) is 124 Å². The molecule has 2 unspecified atom stereocenters. The van der Waals surface area contributed by atoms with Crippen LogP contribution in [0.2, 0.25) is 0 Å². The predicted molar refractivity (Wildman–Crippen MR) is 155 cm³/mol. The van der Waals surface area contributed by atoms with Crippen LogP contribution in [0.25, 0.3) is 11.1 Å². The topological polar surface area (TPSA) is 82.5 Å². The molecule has 3 aromatic carbocycles. The summed E-state index contributed by atoms with van der Waals surface area (Å²) in [4.78, 5) is 31.5. The Balaban J connectivity index is 1.28. The first-order valence-electron chi connectivity index (χ1n) is 13.9. The number of carbonyl (C=O) groups is 2. The van der Waals surface area contributed by atoms with Crippen LogP contribution >= 0.6 is 0 Å². The van der Waals surface area contributed by atoms with Crippen LogP contribution in [0, 0.1) is 12.8 Å². The van der Waals surface area contributed by atoms with Crippen LogP contribution in [-0.4, -0.2) is 33.4 Å². The van der Waals surface area contributed by atoms with Crippen molar-refractivity contribution in [1.82, 2.24) is 15.2 Å². The van der Waals surface area contributed by atoms with E-state index in [-0.39, 0.29) is 11.8 Å². The second-order valence-electron chi connectivity index (χ2n) is 10.9. The molecule has 1 fully saturated rings. The van der Waals surface area contributed by atoms with E-state index in [2.05, 4.69) is 39.5 Å². The van der Waals surface area contributed by atoms with Crippen LogP contribution in [0.4, 0.5) is 0 Å². The van der Waals surface area contributed by atoms with Crippen LogP contribution < -0.4 is 5.32 Å². The predicted octanol–water partition coefficient (Wildman–Crippen LogP) is 5.73. The molecule has 2 N–H and O–H groups in total. The lowest BCUT2D eigenvalue weighted by molar-refractivity contribution is -0.122. The third-order valence-electron chi connectivity index (χ3n) is 8.41. The Kier molecular flexibility index (Phi) is 7.18. The van der Waals surface area contributed by atoms with Crippen LogP contribution in [0.5, 0.6) is 0 Å². The second-order valence-corrected chi connectivity index (χ2v) is 10.9. The zero-order valence-electron chi connectivity index (χ0n) is 22.6. The zero-order chi connectivity index (χ0) is 27.6. The SMILES string of the molecule is Cc1c(C(=O)O)cccc1-c1ccc(CNC(=O)C2CC2c2ccccc2)c2c1CCN(Cc1ccncc1)C2. The van der Waals surface area contributed by atoms with Gasteiger partial charge in [-0.2, -0.15) is 0 Å². The summed E-state index contributed by atoms with van der Waals surface area (Å²) < 4.78 is 0. The van der Waals surface area contributed by atoms with E-state index in [0.29, 0.717) is 18.0 Å². The summed E-state index contributed by atoms with van der Waals surface area (Å²) in [5.74, 6) is -0.467. The van der Waals surface area contributed by atoms with Gasteiger partial charge in [0, 0.05) is 44.5 Å². The van der Waals surface area contributed by atoms with Gasteiger partial charge in [-0.05, 0) is 88.4 Å². The number of fused-ring (bicyclic) bond motifs is 1. The third-order valence-corrected chi connectivity index (χ3v) is 8.41. The number of benzene rings is 3.